The molecule has 0 aromatic carbocycles. The molecule has 0 spiro atoms. The Bertz CT molecular complexity index is 410. The predicted octanol–water partition coefficient (Wildman–Crippen LogP) is -0.427. The van der Waals surface area contributed by atoms with E-state index in [2.05, 4.69) is 0 Å². The first-order valence-corrected chi connectivity index (χ1v) is 5.84. The monoisotopic (exact) mass is 297 g/mol. The quantitative estimate of drug-likeness (QED) is 0.599. The van der Waals surface area contributed by atoms with E-state index in [0.29, 0.717) is 0 Å². The molecule has 0 radical (unpaired) electrons. The third-order valence-corrected chi connectivity index (χ3v) is 2.30. The highest BCUT2D eigenvalue weighted by molar-refractivity contribution is 5.70. The fraction of sp³-hybridized carbons (Fsp3) is 0.250. The second-order valence-corrected chi connectivity index (χ2v) is 4.09. The minimum absolute atomic E-state index is 0.338. The van der Waals surface area contributed by atoms with Gasteiger partial charge in [0.2, 0.25) is 0 Å². The van der Waals surface area contributed by atoms with E-state index in [4.69, 9.17) is 15.3 Å². The van der Waals surface area contributed by atoms with Crippen LogP contribution in [0.1, 0.15) is 0 Å². The van der Waals surface area contributed by atoms with E-state index >= 15 is 0 Å². The van der Waals surface area contributed by atoms with Gasteiger partial charge in [-0.2, -0.15) is 0 Å². The lowest BCUT2D eigenvalue weighted by Crippen LogP contribution is -2.22. The highest BCUT2D eigenvalue weighted by atomic mass is 16.4. The number of nitrogens with zero attached hydrogens (tertiary/aromatic N) is 3. The molecule has 0 bridgehead atoms. The molecule has 0 saturated heterocycles. The largest absolute Gasteiger partial charge is 0.480 e. The van der Waals surface area contributed by atoms with Crippen molar-refractivity contribution in [3.05, 3.63) is 37.2 Å². The van der Waals surface area contributed by atoms with Crippen molar-refractivity contribution in [2.45, 2.75) is 0 Å². The Morgan fingerprint density at radius 1 is 0.571 bits per heavy atom. The minimum Gasteiger partial charge on any atom is -0.480 e. The van der Waals surface area contributed by atoms with Gasteiger partial charge in [-0.05, 0) is 0 Å². The minimum atomic E-state index is -1.08. The SMILES string of the molecule is O=C(O)CN1C=CN(CC(=O)O)/C=C/N(CC(=O)O)/C=C\1. The molecule has 0 aliphatic carbocycles. The zero-order valence-corrected chi connectivity index (χ0v) is 11.0. The van der Waals surface area contributed by atoms with E-state index in [1.807, 2.05) is 0 Å². The summed E-state index contributed by atoms with van der Waals surface area (Å²) in [5.74, 6) is -3.23. The van der Waals surface area contributed by atoms with Crippen molar-refractivity contribution in [2.24, 2.45) is 0 Å². The Kier molecular flexibility index (Phi) is 5.80. The van der Waals surface area contributed by atoms with Crippen LogP contribution in [0.4, 0.5) is 0 Å². The number of carbonyl (C=O) groups is 3. The van der Waals surface area contributed by atoms with Crippen LogP contribution >= 0.6 is 0 Å². The summed E-state index contributed by atoms with van der Waals surface area (Å²) < 4.78 is 0. The molecule has 0 aromatic heterocycles. The number of rotatable bonds is 6. The van der Waals surface area contributed by atoms with E-state index in [-0.39, 0.29) is 19.6 Å². The van der Waals surface area contributed by atoms with Crippen molar-refractivity contribution in [3.8, 4) is 0 Å². The highest BCUT2D eigenvalue weighted by Crippen LogP contribution is 2.04. The average molecular weight is 297 g/mol. The van der Waals surface area contributed by atoms with Crippen LogP contribution in [-0.4, -0.2) is 67.6 Å². The molecule has 0 amide bonds. The number of carboxylic acid groups (broad SMARTS) is 3. The van der Waals surface area contributed by atoms with Crippen LogP contribution in [0.15, 0.2) is 37.2 Å². The first-order valence-electron chi connectivity index (χ1n) is 5.84. The molecule has 1 aliphatic rings. The number of aliphatic carboxylic acids is 3. The average Bonchev–Trinajstić information content (AvgIpc) is 2.42. The summed E-state index contributed by atoms with van der Waals surface area (Å²) in [4.78, 5) is 36.1. The Labute approximate surface area is 120 Å². The second kappa shape index (κ2) is 7.58. The van der Waals surface area contributed by atoms with E-state index in [0.717, 1.165) is 0 Å². The third-order valence-electron chi connectivity index (χ3n) is 2.30. The molecule has 0 fully saturated rings. The van der Waals surface area contributed by atoms with Crippen LogP contribution in [0, 0.1) is 0 Å². The van der Waals surface area contributed by atoms with Crippen LogP contribution in [0.2, 0.25) is 0 Å². The lowest BCUT2D eigenvalue weighted by atomic mass is 10.5. The molecular weight excluding hydrogens is 282 g/mol. The van der Waals surface area contributed by atoms with Crippen LogP contribution in [0.3, 0.4) is 0 Å². The molecule has 3 N–H and O–H groups in total. The molecule has 0 aromatic rings. The Morgan fingerprint density at radius 2 is 0.762 bits per heavy atom. The third kappa shape index (κ3) is 6.66. The molecule has 1 heterocycles. The van der Waals surface area contributed by atoms with Gasteiger partial charge >= 0.3 is 17.9 Å². The van der Waals surface area contributed by atoms with Gasteiger partial charge in [-0.15, -0.1) is 0 Å². The zero-order valence-electron chi connectivity index (χ0n) is 11.0. The van der Waals surface area contributed by atoms with Gasteiger partial charge in [-0.3, -0.25) is 14.4 Å². The van der Waals surface area contributed by atoms with Crippen molar-refractivity contribution >= 4 is 17.9 Å². The summed E-state index contributed by atoms with van der Waals surface area (Å²) in [5.41, 5.74) is 0. The second-order valence-electron chi connectivity index (χ2n) is 4.09. The van der Waals surface area contributed by atoms with Gasteiger partial charge in [0.25, 0.3) is 0 Å². The van der Waals surface area contributed by atoms with Crippen LogP contribution in [-0.2, 0) is 14.4 Å². The Hall–Kier alpha value is -2.97. The zero-order chi connectivity index (χ0) is 15.8. The van der Waals surface area contributed by atoms with Crippen molar-refractivity contribution in [3.63, 3.8) is 0 Å². The summed E-state index contributed by atoms with van der Waals surface area (Å²) in [7, 11) is 0. The summed E-state index contributed by atoms with van der Waals surface area (Å²) >= 11 is 0. The summed E-state index contributed by atoms with van der Waals surface area (Å²) in [6, 6.07) is 0. The fourth-order valence-corrected chi connectivity index (χ4v) is 1.45. The van der Waals surface area contributed by atoms with Gasteiger partial charge in [0.15, 0.2) is 0 Å². The van der Waals surface area contributed by atoms with Gasteiger partial charge in [0, 0.05) is 37.2 Å². The molecule has 1 rings (SSSR count). The molecule has 0 atom stereocenters. The Morgan fingerprint density at radius 3 is 0.905 bits per heavy atom. The van der Waals surface area contributed by atoms with Gasteiger partial charge < -0.3 is 30.0 Å². The van der Waals surface area contributed by atoms with Crippen LogP contribution < -0.4 is 0 Å². The molecule has 9 heteroatoms. The van der Waals surface area contributed by atoms with Crippen LogP contribution in [0.5, 0.6) is 0 Å². The molecule has 114 valence electrons. The standard InChI is InChI=1S/C12H15N3O6/c16-10(17)7-13-1-2-14(8-11(18)19)5-6-15(4-3-13)9-12(20)21/h1-6H,7-9H2,(H,16,17)(H,18,19)(H,20,21)/b2-1-,4-3+,6-5?. The lowest BCUT2D eigenvalue weighted by molar-refractivity contribution is -0.138. The molecule has 0 saturated carbocycles. The maximum atomic E-state index is 10.7. The number of carboxylic acids is 3. The topological polar surface area (TPSA) is 122 Å². The molecule has 21 heavy (non-hydrogen) atoms. The van der Waals surface area contributed by atoms with E-state index < -0.39 is 17.9 Å². The summed E-state index contributed by atoms with van der Waals surface area (Å²) in [6.45, 7) is -1.02. The summed E-state index contributed by atoms with van der Waals surface area (Å²) in [5, 5.41) is 26.3. The molecule has 9 nitrogen and oxygen atoms in total. The molecule has 0 unspecified atom stereocenters. The lowest BCUT2D eigenvalue weighted by Gasteiger charge is -2.15. The number of hydrogen-bond acceptors (Lipinski definition) is 6. The van der Waals surface area contributed by atoms with Crippen molar-refractivity contribution in [1.29, 1.82) is 0 Å². The normalized spacial score (nSPS) is 17.6. The summed E-state index contributed by atoms with van der Waals surface area (Å²) in [6.07, 6.45) is 8.35. The van der Waals surface area contributed by atoms with Crippen LogP contribution in [0.25, 0.3) is 0 Å². The number of hydrogen-bond donors (Lipinski definition) is 3. The van der Waals surface area contributed by atoms with Gasteiger partial charge in [-0.25, -0.2) is 0 Å². The molecular formula is C12H15N3O6. The van der Waals surface area contributed by atoms with Crippen molar-refractivity contribution in [1.82, 2.24) is 14.7 Å². The van der Waals surface area contributed by atoms with Crippen molar-refractivity contribution in [2.75, 3.05) is 19.6 Å². The fourth-order valence-electron chi connectivity index (χ4n) is 1.45. The molecule has 1 aliphatic heterocycles. The van der Waals surface area contributed by atoms with Gasteiger partial charge in [0.05, 0.1) is 0 Å². The first-order chi connectivity index (χ1) is 9.86. The first kappa shape index (κ1) is 16.1. The van der Waals surface area contributed by atoms with E-state index in [1.165, 1.54) is 51.9 Å². The van der Waals surface area contributed by atoms with Crippen molar-refractivity contribution < 1.29 is 29.7 Å². The maximum Gasteiger partial charge on any atom is 0.323 e. The van der Waals surface area contributed by atoms with Gasteiger partial charge in [0.1, 0.15) is 19.6 Å². The van der Waals surface area contributed by atoms with Gasteiger partial charge in [-0.1, -0.05) is 0 Å². The van der Waals surface area contributed by atoms with E-state index in [9.17, 15) is 14.4 Å². The highest BCUT2D eigenvalue weighted by Gasteiger charge is 2.09. The van der Waals surface area contributed by atoms with E-state index in [1.54, 1.807) is 0 Å². The Balaban J connectivity index is 2.95. The smallest absolute Gasteiger partial charge is 0.323 e. The predicted molar refractivity (Wildman–Crippen MR) is 70.4 cm³/mol. The maximum absolute atomic E-state index is 10.7.